The molecule has 8 heteroatoms. The summed E-state index contributed by atoms with van der Waals surface area (Å²) in [6.07, 6.45) is 6.25. The van der Waals surface area contributed by atoms with Gasteiger partial charge in [-0.3, -0.25) is 4.79 Å². The Kier molecular flexibility index (Phi) is 3.75. The van der Waals surface area contributed by atoms with Crippen LogP contribution in [0.15, 0.2) is 41.1 Å². The number of carboxylic acids is 1. The maximum Gasteiger partial charge on any atom is 0.337 e. The standard InChI is InChI=1S/C24H21N3O5/c1-12-17(23(29)30)11-27-21(12)18(5-6-25-27)32-15-3-4-16-19(7-15)31-13(2)20(16)22(28)26-24-8-14(9-24)10-24/h3-7,11,14H,8-10H2,1-2H3,(H,26,28)(H,29,30). The van der Waals surface area contributed by atoms with E-state index in [0.29, 0.717) is 39.5 Å². The molecule has 0 radical (unpaired) electrons. The number of fused-ring (bicyclic) bond motifs is 2. The van der Waals surface area contributed by atoms with Gasteiger partial charge in [-0.25, -0.2) is 9.31 Å². The molecule has 0 saturated heterocycles. The maximum absolute atomic E-state index is 12.9. The summed E-state index contributed by atoms with van der Waals surface area (Å²) in [4.78, 5) is 24.4. The SMILES string of the molecule is Cc1oc2cc(Oc3ccnn4cc(C(=O)O)c(C)c34)ccc2c1C(=O)NC12CC(C1)C2. The lowest BCUT2D eigenvalue weighted by Crippen LogP contribution is -2.68. The highest BCUT2D eigenvalue weighted by Gasteiger charge is 2.57. The first kappa shape index (κ1) is 18.9. The number of carboxylic acid groups (broad SMARTS) is 1. The van der Waals surface area contributed by atoms with E-state index in [1.54, 1.807) is 38.2 Å². The molecule has 3 aliphatic rings. The second-order valence-electron chi connectivity index (χ2n) is 8.97. The van der Waals surface area contributed by atoms with E-state index in [1.807, 2.05) is 6.07 Å². The molecule has 8 nitrogen and oxygen atoms in total. The molecule has 3 saturated carbocycles. The molecule has 0 aliphatic heterocycles. The lowest BCUT2D eigenvalue weighted by molar-refractivity contribution is -0.0438. The summed E-state index contributed by atoms with van der Waals surface area (Å²) in [7, 11) is 0. The van der Waals surface area contributed by atoms with Gasteiger partial charge in [0.2, 0.25) is 0 Å². The van der Waals surface area contributed by atoms with Crippen LogP contribution in [-0.2, 0) is 0 Å². The molecule has 162 valence electrons. The highest BCUT2D eigenvalue weighted by atomic mass is 16.5. The fourth-order valence-corrected chi connectivity index (χ4v) is 5.13. The van der Waals surface area contributed by atoms with Crippen LogP contribution >= 0.6 is 0 Å². The molecule has 0 spiro atoms. The van der Waals surface area contributed by atoms with Gasteiger partial charge in [-0.1, -0.05) is 0 Å². The average molecular weight is 431 g/mol. The monoisotopic (exact) mass is 431 g/mol. The number of ether oxygens (including phenoxy) is 1. The summed E-state index contributed by atoms with van der Waals surface area (Å²) in [5.74, 6) is 1.25. The Hall–Kier alpha value is -3.81. The van der Waals surface area contributed by atoms with Gasteiger partial charge in [-0.05, 0) is 56.7 Å². The molecule has 32 heavy (non-hydrogen) atoms. The van der Waals surface area contributed by atoms with Gasteiger partial charge in [0, 0.05) is 29.3 Å². The Morgan fingerprint density at radius 2 is 2.03 bits per heavy atom. The van der Waals surface area contributed by atoms with Crippen LogP contribution in [-0.4, -0.2) is 32.1 Å². The van der Waals surface area contributed by atoms with Gasteiger partial charge in [0.1, 0.15) is 22.6 Å². The van der Waals surface area contributed by atoms with E-state index < -0.39 is 5.97 Å². The minimum absolute atomic E-state index is 0.00255. The number of hydrogen-bond acceptors (Lipinski definition) is 5. The zero-order valence-corrected chi connectivity index (χ0v) is 17.6. The van der Waals surface area contributed by atoms with Gasteiger partial charge in [0.25, 0.3) is 5.91 Å². The smallest absolute Gasteiger partial charge is 0.337 e. The molecule has 1 aromatic carbocycles. The minimum Gasteiger partial charge on any atom is -0.478 e. The van der Waals surface area contributed by atoms with Crippen LogP contribution in [0.5, 0.6) is 11.5 Å². The largest absolute Gasteiger partial charge is 0.478 e. The average Bonchev–Trinajstić information content (AvgIpc) is 3.20. The second-order valence-corrected chi connectivity index (χ2v) is 8.97. The van der Waals surface area contributed by atoms with Crippen molar-refractivity contribution >= 4 is 28.4 Å². The quantitative estimate of drug-likeness (QED) is 0.483. The van der Waals surface area contributed by atoms with Crippen molar-refractivity contribution in [3.8, 4) is 11.5 Å². The first-order valence-corrected chi connectivity index (χ1v) is 10.6. The number of aromatic nitrogens is 2. The molecule has 1 amide bonds. The number of hydrogen-bond donors (Lipinski definition) is 2. The van der Waals surface area contributed by atoms with Gasteiger partial charge in [-0.2, -0.15) is 5.10 Å². The Bertz CT molecular complexity index is 1430. The summed E-state index contributed by atoms with van der Waals surface area (Å²) in [5.41, 5.74) is 2.45. The van der Waals surface area contributed by atoms with Crippen molar-refractivity contribution < 1.29 is 23.8 Å². The maximum atomic E-state index is 12.9. The van der Waals surface area contributed by atoms with Gasteiger partial charge >= 0.3 is 5.97 Å². The van der Waals surface area contributed by atoms with Gasteiger partial charge in [-0.15, -0.1) is 0 Å². The molecule has 0 unspecified atom stereocenters. The second kappa shape index (κ2) is 6.35. The Balaban J connectivity index is 1.34. The number of nitrogens with one attached hydrogen (secondary N) is 1. The molecular formula is C24H21N3O5. The van der Waals surface area contributed by atoms with Gasteiger partial charge in [0.05, 0.1) is 17.3 Å². The summed E-state index contributed by atoms with van der Waals surface area (Å²) in [5, 5.41) is 17.5. The highest BCUT2D eigenvalue weighted by molar-refractivity contribution is 6.07. The first-order chi connectivity index (χ1) is 15.3. The lowest BCUT2D eigenvalue weighted by atomic mass is 9.50. The number of carbonyl (C=O) groups excluding carboxylic acids is 1. The third-order valence-electron chi connectivity index (χ3n) is 6.83. The number of aromatic carboxylic acids is 1. The zero-order valence-electron chi connectivity index (χ0n) is 17.6. The van der Waals surface area contributed by atoms with Crippen molar-refractivity contribution in [1.29, 1.82) is 0 Å². The van der Waals surface area contributed by atoms with Crippen LogP contribution in [0.2, 0.25) is 0 Å². The van der Waals surface area contributed by atoms with Crippen LogP contribution in [0.3, 0.4) is 0 Å². The molecule has 0 atom stereocenters. The minimum atomic E-state index is -1.02. The van der Waals surface area contributed by atoms with Crippen LogP contribution < -0.4 is 10.1 Å². The molecule has 3 heterocycles. The highest BCUT2D eigenvalue weighted by Crippen LogP contribution is 2.57. The van der Waals surface area contributed by atoms with Crippen molar-refractivity contribution in [2.24, 2.45) is 5.92 Å². The number of amides is 1. The van der Waals surface area contributed by atoms with E-state index >= 15 is 0 Å². The van der Waals surface area contributed by atoms with Gasteiger partial charge in [0.15, 0.2) is 5.75 Å². The Labute approximate surface area is 182 Å². The topological polar surface area (TPSA) is 106 Å². The summed E-state index contributed by atoms with van der Waals surface area (Å²) >= 11 is 0. The molecule has 2 bridgehead atoms. The van der Waals surface area contributed by atoms with E-state index in [1.165, 1.54) is 10.7 Å². The van der Waals surface area contributed by atoms with E-state index in [-0.39, 0.29) is 17.0 Å². The summed E-state index contributed by atoms with van der Waals surface area (Å²) in [6, 6.07) is 7.04. The van der Waals surface area contributed by atoms with Crippen molar-refractivity contribution in [3.05, 3.63) is 59.1 Å². The molecule has 4 aromatic rings. The van der Waals surface area contributed by atoms with Gasteiger partial charge < -0.3 is 19.6 Å². The number of furan rings is 1. The Morgan fingerprint density at radius 1 is 1.25 bits per heavy atom. The predicted molar refractivity (Wildman–Crippen MR) is 115 cm³/mol. The normalized spacial score (nSPS) is 21.2. The summed E-state index contributed by atoms with van der Waals surface area (Å²) < 4.78 is 13.5. The number of carbonyl (C=O) groups is 2. The van der Waals surface area contributed by atoms with E-state index in [0.717, 1.165) is 30.6 Å². The molecule has 2 N–H and O–H groups in total. The molecular weight excluding hydrogens is 410 g/mol. The molecule has 7 rings (SSSR count). The molecule has 3 fully saturated rings. The third kappa shape index (κ3) is 2.65. The van der Waals surface area contributed by atoms with Crippen LogP contribution in [0.25, 0.3) is 16.5 Å². The van der Waals surface area contributed by atoms with E-state index in [4.69, 9.17) is 9.15 Å². The van der Waals surface area contributed by atoms with E-state index in [2.05, 4.69) is 10.4 Å². The Morgan fingerprint density at radius 3 is 2.72 bits per heavy atom. The molecule has 3 aromatic heterocycles. The van der Waals surface area contributed by atoms with Crippen LogP contribution in [0.1, 0.15) is 51.3 Å². The van der Waals surface area contributed by atoms with Crippen molar-refractivity contribution in [2.75, 3.05) is 0 Å². The van der Waals surface area contributed by atoms with Crippen LogP contribution in [0, 0.1) is 19.8 Å². The predicted octanol–water partition coefficient (Wildman–Crippen LogP) is 4.47. The van der Waals surface area contributed by atoms with Crippen LogP contribution in [0.4, 0.5) is 0 Å². The number of benzene rings is 1. The van der Waals surface area contributed by atoms with Crippen molar-refractivity contribution in [1.82, 2.24) is 14.9 Å². The fourth-order valence-electron chi connectivity index (χ4n) is 5.13. The van der Waals surface area contributed by atoms with Crippen molar-refractivity contribution in [3.63, 3.8) is 0 Å². The number of aryl methyl sites for hydroxylation is 2. The number of nitrogens with zero attached hydrogens (tertiary/aromatic N) is 2. The number of rotatable bonds is 5. The van der Waals surface area contributed by atoms with E-state index in [9.17, 15) is 14.7 Å². The molecule has 3 aliphatic carbocycles. The third-order valence-corrected chi connectivity index (χ3v) is 6.83. The fraction of sp³-hybridized carbons (Fsp3) is 0.292. The lowest BCUT2D eigenvalue weighted by Gasteiger charge is -2.61. The van der Waals surface area contributed by atoms with Crippen molar-refractivity contribution in [2.45, 2.75) is 38.6 Å². The summed E-state index contributed by atoms with van der Waals surface area (Å²) in [6.45, 7) is 3.52. The first-order valence-electron chi connectivity index (χ1n) is 10.6. The zero-order chi connectivity index (χ0) is 22.2.